The molecule has 13 heavy (non-hydrogen) atoms. The Bertz CT molecular complexity index is 334. The summed E-state index contributed by atoms with van der Waals surface area (Å²) in [4.78, 5) is 21.6. The number of nitrogens with two attached hydrogens (primary N) is 1. The second-order valence-electron chi connectivity index (χ2n) is 2.14. The Morgan fingerprint density at radius 2 is 2.31 bits per heavy atom. The summed E-state index contributed by atoms with van der Waals surface area (Å²) in [6, 6.07) is 1.54. The summed E-state index contributed by atoms with van der Waals surface area (Å²) >= 11 is 1.21. The van der Waals surface area contributed by atoms with Crippen LogP contribution in [0.5, 0.6) is 0 Å². The molecule has 0 radical (unpaired) electrons. The van der Waals surface area contributed by atoms with E-state index in [9.17, 15) is 9.59 Å². The molecular weight excluding hydrogens is 192 g/mol. The Balaban J connectivity index is 2.82. The van der Waals surface area contributed by atoms with Gasteiger partial charge in [-0.05, 0) is 11.4 Å². The summed E-state index contributed by atoms with van der Waals surface area (Å²) in [7, 11) is 1.24. The van der Waals surface area contributed by atoms with Gasteiger partial charge in [0.25, 0.3) is 5.91 Å². The SMILES string of the molecule is COC(=O)Nc1sccc1C(N)=O. The maximum Gasteiger partial charge on any atom is 0.411 e. The molecule has 1 rings (SSSR count). The lowest BCUT2D eigenvalue weighted by Gasteiger charge is -2.01. The molecule has 0 saturated heterocycles. The topological polar surface area (TPSA) is 81.4 Å². The first-order chi connectivity index (χ1) is 6.15. The number of anilines is 1. The third-order valence-electron chi connectivity index (χ3n) is 1.33. The van der Waals surface area contributed by atoms with Gasteiger partial charge >= 0.3 is 6.09 Å². The second kappa shape index (κ2) is 3.90. The summed E-state index contributed by atoms with van der Waals surface area (Å²) in [6.45, 7) is 0. The monoisotopic (exact) mass is 200 g/mol. The van der Waals surface area contributed by atoms with Crippen LogP contribution in [-0.2, 0) is 4.74 Å². The fourth-order valence-corrected chi connectivity index (χ4v) is 1.52. The van der Waals surface area contributed by atoms with Gasteiger partial charge in [0.1, 0.15) is 5.00 Å². The number of methoxy groups -OCH3 is 1. The largest absolute Gasteiger partial charge is 0.453 e. The van der Waals surface area contributed by atoms with Crippen LogP contribution in [0.2, 0.25) is 0 Å². The number of carbonyl (C=O) groups is 2. The highest BCUT2D eigenvalue weighted by atomic mass is 32.1. The quantitative estimate of drug-likeness (QED) is 0.747. The van der Waals surface area contributed by atoms with Gasteiger partial charge in [-0.15, -0.1) is 11.3 Å². The third-order valence-corrected chi connectivity index (χ3v) is 2.16. The highest BCUT2D eigenvalue weighted by molar-refractivity contribution is 7.14. The number of nitrogens with one attached hydrogen (secondary N) is 1. The van der Waals surface area contributed by atoms with Crippen molar-refractivity contribution in [3.63, 3.8) is 0 Å². The van der Waals surface area contributed by atoms with E-state index in [1.54, 1.807) is 5.38 Å². The smallest absolute Gasteiger partial charge is 0.411 e. The Morgan fingerprint density at radius 3 is 2.85 bits per heavy atom. The first-order valence-corrected chi connectivity index (χ1v) is 4.25. The molecule has 0 aromatic carbocycles. The summed E-state index contributed by atoms with van der Waals surface area (Å²) in [6.07, 6.45) is -0.620. The van der Waals surface area contributed by atoms with Crippen molar-refractivity contribution in [1.29, 1.82) is 0 Å². The molecule has 0 saturated carbocycles. The van der Waals surface area contributed by atoms with Gasteiger partial charge in [-0.25, -0.2) is 4.79 Å². The zero-order chi connectivity index (χ0) is 9.84. The Kier molecular flexibility index (Phi) is 2.86. The Labute approximate surface area is 78.5 Å². The summed E-state index contributed by atoms with van der Waals surface area (Å²) in [5.41, 5.74) is 5.34. The minimum atomic E-state index is -0.620. The van der Waals surface area contributed by atoms with Crippen LogP contribution in [0.4, 0.5) is 9.80 Å². The molecule has 5 nitrogen and oxygen atoms in total. The minimum Gasteiger partial charge on any atom is -0.453 e. The molecule has 0 fully saturated rings. The number of ether oxygens (including phenoxy) is 1. The van der Waals surface area contributed by atoms with Gasteiger partial charge in [-0.3, -0.25) is 10.1 Å². The number of primary amides is 1. The van der Waals surface area contributed by atoms with Crippen LogP contribution in [0.15, 0.2) is 11.4 Å². The number of amides is 2. The van der Waals surface area contributed by atoms with Crippen molar-refractivity contribution >= 4 is 28.3 Å². The first-order valence-electron chi connectivity index (χ1n) is 3.37. The molecule has 1 heterocycles. The van der Waals surface area contributed by atoms with Crippen LogP contribution < -0.4 is 11.1 Å². The van der Waals surface area contributed by atoms with E-state index in [1.165, 1.54) is 24.5 Å². The lowest BCUT2D eigenvalue weighted by atomic mass is 10.3. The lowest BCUT2D eigenvalue weighted by molar-refractivity contribution is 0.100. The van der Waals surface area contributed by atoms with Gasteiger partial charge in [0.05, 0.1) is 12.7 Å². The molecule has 1 aromatic heterocycles. The van der Waals surface area contributed by atoms with Crippen LogP contribution in [-0.4, -0.2) is 19.1 Å². The van der Waals surface area contributed by atoms with Crippen molar-refractivity contribution < 1.29 is 14.3 Å². The molecule has 3 N–H and O–H groups in total. The maximum atomic E-state index is 10.8. The average Bonchev–Trinajstić information content (AvgIpc) is 2.52. The van der Waals surface area contributed by atoms with Crippen molar-refractivity contribution in [2.45, 2.75) is 0 Å². The summed E-state index contributed by atoms with van der Waals surface area (Å²) in [5.74, 6) is -0.576. The predicted octanol–water partition coefficient (Wildman–Crippen LogP) is 1.03. The van der Waals surface area contributed by atoms with E-state index in [0.29, 0.717) is 5.00 Å². The Morgan fingerprint density at radius 1 is 1.62 bits per heavy atom. The highest BCUT2D eigenvalue weighted by Gasteiger charge is 2.11. The fraction of sp³-hybridized carbons (Fsp3) is 0.143. The van der Waals surface area contributed by atoms with Crippen LogP contribution >= 0.6 is 11.3 Å². The van der Waals surface area contributed by atoms with Gasteiger partial charge in [0.15, 0.2) is 0 Å². The highest BCUT2D eigenvalue weighted by Crippen LogP contribution is 2.22. The normalized spacial score (nSPS) is 9.31. The van der Waals surface area contributed by atoms with Crippen LogP contribution in [0.1, 0.15) is 10.4 Å². The van der Waals surface area contributed by atoms with E-state index >= 15 is 0 Å². The molecule has 0 aliphatic rings. The van der Waals surface area contributed by atoms with Crippen LogP contribution in [0.3, 0.4) is 0 Å². The van der Waals surface area contributed by atoms with Crippen molar-refractivity contribution in [1.82, 2.24) is 0 Å². The number of carbonyl (C=O) groups excluding carboxylic acids is 2. The molecule has 70 valence electrons. The van der Waals surface area contributed by atoms with E-state index in [2.05, 4.69) is 10.1 Å². The molecule has 2 amide bonds. The van der Waals surface area contributed by atoms with Crippen LogP contribution in [0.25, 0.3) is 0 Å². The minimum absolute atomic E-state index is 0.287. The molecule has 0 unspecified atom stereocenters. The van der Waals surface area contributed by atoms with Crippen molar-refractivity contribution in [2.75, 3.05) is 12.4 Å². The summed E-state index contributed by atoms with van der Waals surface area (Å²) in [5, 5.41) is 4.44. The third kappa shape index (κ3) is 2.19. The van der Waals surface area contributed by atoms with E-state index in [1.807, 2.05) is 0 Å². The van der Waals surface area contributed by atoms with E-state index in [4.69, 9.17) is 5.73 Å². The standard InChI is InChI=1S/C7H8N2O3S/c1-12-7(11)9-6-4(5(8)10)2-3-13-6/h2-3H,1H3,(H2,8,10)(H,9,11). The Hall–Kier alpha value is -1.56. The van der Waals surface area contributed by atoms with E-state index in [0.717, 1.165) is 0 Å². The van der Waals surface area contributed by atoms with Gasteiger partial charge in [-0.2, -0.15) is 0 Å². The summed E-state index contributed by atoms with van der Waals surface area (Å²) < 4.78 is 4.36. The van der Waals surface area contributed by atoms with E-state index in [-0.39, 0.29) is 5.56 Å². The lowest BCUT2D eigenvalue weighted by Crippen LogP contribution is -2.16. The second-order valence-corrected chi connectivity index (χ2v) is 3.06. The number of hydrogen-bond acceptors (Lipinski definition) is 4. The van der Waals surface area contributed by atoms with Crippen LogP contribution in [0, 0.1) is 0 Å². The van der Waals surface area contributed by atoms with Crippen molar-refractivity contribution in [3.8, 4) is 0 Å². The first kappa shape index (κ1) is 9.53. The maximum absolute atomic E-state index is 10.8. The average molecular weight is 200 g/mol. The van der Waals surface area contributed by atoms with Gasteiger partial charge in [0.2, 0.25) is 0 Å². The number of thiophene rings is 1. The molecule has 0 spiro atoms. The molecular formula is C7H8N2O3S. The molecule has 0 atom stereocenters. The van der Waals surface area contributed by atoms with Crippen molar-refractivity contribution in [3.05, 3.63) is 17.0 Å². The molecule has 0 aliphatic carbocycles. The number of hydrogen-bond donors (Lipinski definition) is 2. The zero-order valence-corrected chi connectivity index (χ0v) is 7.68. The molecule has 0 bridgehead atoms. The van der Waals surface area contributed by atoms with Gasteiger partial charge in [-0.1, -0.05) is 0 Å². The number of rotatable bonds is 2. The fourth-order valence-electron chi connectivity index (χ4n) is 0.744. The van der Waals surface area contributed by atoms with E-state index < -0.39 is 12.0 Å². The predicted molar refractivity (Wildman–Crippen MR) is 48.9 cm³/mol. The molecule has 1 aromatic rings. The zero-order valence-electron chi connectivity index (χ0n) is 6.87. The van der Waals surface area contributed by atoms with Gasteiger partial charge in [0, 0.05) is 0 Å². The van der Waals surface area contributed by atoms with Gasteiger partial charge < -0.3 is 10.5 Å². The molecule has 6 heteroatoms. The van der Waals surface area contributed by atoms with Crippen molar-refractivity contribution in [2.24, 2.45) is 5.73 Å². The molecule has 0 aliphatic heterocycles.